The van der Waals surface area contributed by atoms with E-state index in [1.54, 1.807) is 6.07 Å². The molecule has 0 radical (unpaired) electrons. The second-order valence-corrected chi connectivity index (χ2v) is 5.73. The van der Waals surface area contributed by atoms with Crippen molar-refractivity contribution in [3.63, 3.8) is 0 Å². The van der Waals surface area contributed by atoms with Gasteiger partial charge in [-0.2, -0.15) is 0 Å². The summed E-state index contributed by atoms with van der Waals surface area (Å²) in [4.78, 5) is 13.0. The standard InChI is InChI=1S/C14H14ClNO2S/c1-8-12(14(17)18)13(9(2)16(8)3)19-11-7-5-4-6-10(11)15/h4-7H,1-3H3,(H,17,18). The Hall–Kier alpha value is -1.39. The van der Waals surface area contributed by atoms with E-state index in [0.717, 1.165) is 21.2 Å². The summed E-state index contributed by atoms with van der Waals surface area (Å²) in [7, 11) is 1.87. The summed E-state index contributed by atoms with van der Waals surface area (Å²) in [5.41, 5.74) is 2.03. The number of aromatic carboxylic acids is 1. The molecule has 0 saturated heterocycles. The number of rotatable bonds is 3. The molecule has 0 aliphatic heterocycles. The first-order valence-corrected chi connectivity index (χ1v) is 6.94. The molecule has 0 aliphatic carbocycles. The van der Waals surface area contributed by atoms with Gasteiger partial charge >= 0.3 is 5.97 Å². The summed E-state index contributed by atoms with van der Waals surface area (Å²) in [5, 5.41) is 10.0. The normalized spacial score (nSPS) is 10.7. The lowest BCUT2D eigenvalue weighted by Crippen LogP contribution is -2.00. The molecule has 0 spiro atoms. The largest absolute Gasteiger partial charge is 0.478 e. The van der Waals surface area contributed by atoms with Crippen LogP contribution in [-0.4, -0.2) is 15.6 Å². The van der Waals surface area contributed by atoms with E-state index in [9.17, 15) is 9.90 Å². The van der Waals surface area contributed by atoms with E-state index in [1.807, 2.05) is 43.7 Å². The van der Waals surface area contributed by atoms with Crippen LogP contribution in [0.15, 0.2) is 34.1 Å². The third kappa shape index (κ3) is 2.51. The highest BCUT2D eigenvalue weighted by Crippen LogP contribution is 2.39. The smallest absolute Gasteiger partial charge is 0.338 e. The Morgan fingerprint density at radius 3 is 2.47 bits per heavy atom. The van der Waals surface area contributed by atoms with Crippen LogP contribution in [0.4, 0.5) is 0 Å². The van der Waals surface area contributed by atoms with E-state index in [-0.39, 0.29) is 0 Å². The van der Waals surface area contributed by atoms with E-state index in [4.69, 9.17) is 11.6 Å². The molecule has 5 heteroatoms. The molecule has 2 rings (SSSR count). The van der Waals surface area contributed by atoms with Crippen molar-refractivity contribution in [2.75, 3.05) is 0 Å². The van der Waals surface area contributed by atoms with Crippen molar-refractivity contribution >= 4 is 29.3 Å². The maximum atomic E-state index is 11.4. The van der Waals surface area contributed by atoms with Crippen molar-refractivity contribution in [2.24, 2.45) is 7.05 Å². The van der Waals surface area contributed by atoms with Crippen molar-refractivity contribution in [3.8, 4) is 0 Å². The highest BCUT2D eigenvalue weighted by molar-refractivity contribution is 7.99. The number of hydrogen-bond donors (Lipinski definition) is 1. The summed E-state index contributed by atoms with van der Waals surface area (Å²) >= 11 is 7.53. The average molecular weight is 296 g/mol. The fourth-order valence-corrected chi connectivity index (χ4v) is 3.34. The quantitative estimate of drug-likeness (QED) is 0.925. The zero-order chi connectivity index (χ0) is 14.2. The predicted octanol–water partition coefficient (Wildman–Crippen LogP) is 4.14. The van der Waals surface area contributed by atoms with Gasteiger partial charge in [0.1, 0.15) is 0 Å². The first-order valence-electron chi connectivity index (χ1n) is 5.75. The zero-order valence-corrected chi connectivity index (χ0v) is 12.5. The van der Waals surface area contributed by atoms with Gasteiger partial charge < -0.3 is 9.67 Å². The Kier molecular flexibility index (Phi) is 3.92. The van der Waals surface area contributed by atoms with Gasteiger partial charge in [0.05, 0.1) is 10.6 Å². The summed E-state index contributed by atoms with van der Waals surface area (Å²) in [6, 6.07) is 7.43. The van der Waals surface area contributed by atoms with E-state index in [2.05, 4.69) is 0 Å². The van der Waals surface area contributed by atoms with Crippen molar-refractivity contribution < 1.29 is 9.90 Å². The lowest BCUT2D eigenvalue weighted by Gasteiger charge is -2.05. The molecule has 0 aliphatic rings. The molecule has 1 aromatic heterocycles. The Balaban J connectivity index is 2.55. The Labute approximate surface area is 121 Å². The topological polar surface area (TPSA) is 42.2 Å². The minimum absolute atomic E-state index is 0.352. The van der Waals surface area contributed by atoms with Crippen molar-refractivity contribution in [1.29, 1.82) is 0 Å². The maximum absolute atomic E-state index is 11.4. The second-order valence-electron chi connectivity index (χ2n) is 4.27. The molecule has 100 valence electrons. The molecule has 1 aromatic carbocycles. The van der Waals surface area contributed by atoms with Gasteiger partial charge in [-0.3, -0.25) is 0 Å². The predicted molar refractivity (Wildman–Crippen MR) is 77.4 cm³/mol. The van der Waals surface area contributed by atoms with E-state index in [1.165, 1.54) is 11.8 Å². The van der Waals surface area contributed by atoms with Gasteiger partial charge in [0.25, 0.3) is 0 Å². The van der Waals surface area contributed by atoms with Crippen LogP contribution in [0.5, 0.6) is 0 Å². The van der Waals surface area contributed by atoms with Crippen LogP contribution in [0.2, 0.25) is 5.02 Å². The second kappa shape index (κ2) is 5.31. The number of carbonyl (C=O) groups is 1. The van der Waals surface area contributed by atoms with E-state index < -0.39 is 5.97 Å². The molecule has 1 heterocycles. The summed E-state index contributed by atoms with van der Waals surface area (Å²) in [6.45, 7) is 3.73. The molecular weight excluding hydrogens is 282 g/mol. The van der Waals surface area contributed by atoms with Gasteiger partial charge in [0.2, 0.25) is 0 Å². The van der Waals surface area contributed by atoms with Crippen molar-refractivity contribution in [3.05, 3.63) is 46.2 Å². The number of halogens is 1. The summed E-state index contributed by atoms with van der Waals surface area (Å²) in [6.07, 6.45) is 0. The van der Waals surface area contributed by atoms with Crippen LogP contribution in [-0.2, 0) is 7.05 Å². The van der Waals surface area contributed by atoms with Crippen LogP contribution < -0.4 is 0 Å². The molecule has 19 heavy (non-hydrogen) atoms. The Morgan fingerprint density at radius 1 is 1.26 bits per heavy atom. The lowest BCUT2D eigenvalue weighted by molar-refractivity contribution is 0.0692. The average Bonchev–Trinajstić information content (AvgIpc) is 2.57. The zero-order valence-electron chi connectivity index (χ0n) is 10.9. The van der Waals surface area contributed by atoms with Crippen molar-refractivity contribution in [2.45, 2.75) is 23.6 Å². The molecule has 0 saturated carbocycles. The molecule has 0 fully saturated rings. The van der Waals surface area contributed by atoms with Gasteiger partial charge in [0, 0.05) is 28.2 Å². The van der Waals surface area contributed by atoms with Crippen LogP contribution >= 0.6 is 23.4 Å². The van der Waals surface area contributed by atoms with E-state index >= 15 is 0 Å². The van der Waals surface area contributed by atoms with Crippen LogP contribution in [0.25, 0.3) is 0 Å². The van der Waals surface area contributed by atoms with E-state index in [0.29, 0.717) is 10.6 Å². The molecule has 0 atom stereocenters. The number of carboxylic acid groups (broad SMARTS) is 1. The summed E-state index contributed by atoms with van der Waals surface area (Å²) in [5.74, 6) is -0.907. The summed E-state index contributed by atoms with van der Waals surface area (Å²) < 4.78 is 1.89. The van der Waals surface area contributed by atoms with Gasteiger partial charge in [-0.1, -0.05) is 35.5 Å². The van der Waals surface area contributed by atoms with Crippen LogP contribution in [0.1, 0.15) is 21.7 Å². The minimum atomic E-state index is -0.907. The van der Waals surface area contributed by atoms with Crippen LogP contribution in [0, 0.1) is 13.8 Å². The van der Waals surface area contributed by atoms with Crippen LogP contribution in [0.3, 0.4) is 0 Å². The first-order chi connectivity index (χ1) is 8.93. The van der Waals surface area contributed by atoms with Crippen molar-refractivity contribution in [1.82, 2.24) is 4.57 Å². The number of nitrogens with zero attached hydrogens (tertiary/aromatic N) is 1. The number of carboxylic acids is 1. The Morgan fingerprint density at radius 2 is 1.89 bits per heavy atom. The highest BCUT2D eigenvalue weighted by Gasteiger charge is 2.22. The van der Waals surface area contributed by atoms with Gasteiger partial charge in [-0.05, 0) is 26.0 Å². The minimum Gasteiger partial charge on any atom is -0.478 e. The number of hydrogen-bond acceptors (Lipinski definition) is 2. The molecule has 0 amide bonds. The number of benzene rings is 1. The highest BCUT2D eigenvalue weighted by atomic mass is 35.5. The molecule has 2 aromatic rings. The SMILES string of the molecule is Cc1c(Sc2ccccc2Cl)c(C(=O)O)c(C)n1C. The first kappa shape index (κ1) is 14.0. The van der Waals surface area contributed by atoms with Gasteiger partial charge in [0.15, 0.2) is 0 Å². The third-order valence-corrected chi connectivity index (χ3v) is 4.91. The number of aromatic nitrogens is 1. The third-order valence-electron chi connectivity index (χ3n) is 3.19. The van der Waals surface area contributed by atoms with Gasteiger partial charge in [-0.25, -0.2) is 4.79 Å². The monoisotopic (exact) mass is 295 g/mol. The lowest BCUT2D eigenvalue weighted by atomic mass is 10.2. The van der Waals surface area contributed by atoms with Gasteiger partial charge in [-0.15, -0.1) is 0 Å². The molecule has 1 N–H and O–H groups in total. The molecule has 3 nitrogen and oxygen atoms in total. The fraction of sp³-hybridized carbons (Fsp3) is 0.214. The fourth-order valence-electron chi connectivity index (χ4n) is 1.93. The Bertz CT molecular complexity index is 649. The molecular formula is C14H14ClNO2S. The maximum Gasteiger partial charge on any atom is 0.338 e. The molecule has 0 bridgehead atoms. The molecule has 0 unspecified atom stereocenters.